The molecule has 0 rings (SSSR count). The average Bonchev–Trinajstić information content (AvgIpc) is 3.25. The largest absolute Gasteiger partial charge is 0.470 e. The van der Waals surface area contributed by atoms with Crippen molar-refractivity contribution < 1.29 is 81.4 Å². The van der Waals surface area contributed by atoms with E-state index in [-0.39, 0.29) is 25.7 Å². The molecule has 0 radical (unpaired) electrons. The molecule has 21 heteroatoms. The number of carbonyl (C=O) groups is 4. The molecule has 0 aliphatic rings. The molecule has 510 valence electrons. The van der Waals surface area contributed by atoms with Gasteiger partial charge in [0.1, 0.15) is 17.8 Å². The van der Waals surface area contributed by atoms with Gasteiger partial charge in [0.05, 0.1) is 57.8 Å². The quantitative estimate of drug-likeness (QED) is 0.0159. The summed E-state index contributed by atoms with van der Waals surface area (Å²) in [7, 11) is -10.6. The molecule has 19 nitrogen and oxygen atoms in total. The number of esters is 2. The molecular weight excluding hydrogens is 1140 g/mol. The molecule has 0 spiro atoms. The molecule has 0 saturated carbocycles. The van der Waals surface area contributed by atoms with Gasteiger partial charge in [-0.3, -0.25) is 28.2 Å². The summed E-state index contributed by atoms with van der Waals surface area (Å²) >= 11 is 0. The number of amides is 2. The lowest BCUT2D eigenvalue weighted by Crippen LogP contribution is -2.53. The van der Waals surface area contributed by atoms with Crippen LogP contribution in [0, 0.1) is 5.41 Å². The van der Waals surface area contributed by atoms with E-state index in [1.165, 1.54) is 141 Å². The van der Waals surface area contributed by atoms with E-state index in [4.69, 9.17) is 23.3 Å². The van der Waals surface area contributed by atoms with Crippen molar-refractivity contribution in [2.75, 3.05) is 46.1 Å². The third-order valence-corrected chi connectivity index (χ3v) is 17.3. The normalized spacial score (nSPS) is 14.1. The second kappa shape index (κ2) is 55.8. The number of phosphoric ester groups is 2. The van der Waals surface area contributed by atoms with Crippen LogP contribution in [0.1, 0.15) is 323 Å². The molecule has 0 heterocycles. The highest BCUT2D eigenvalue weighted by Gasteiger charge is 2.41. The van der Waals surface area contributed by atoms with Gasteiger partial charge in [0.15, 0.2) is 0 Å². The van der Waals surface area contributed by atoms with Gasteiger partial charge in [-0.15, -0.1) is 0 Å². The molecular formula is C65H128N2O17P2. The van der Waals surface area contributed by atoms with E-state index in [1.54, 1.807) is 0 Å². The zero-order valence-electron chi connectivity index (χ0n) is 54.7. The number of aliphatic hydroxyl groups is 2. The third-order valence-electron chi connectivity index (χ3n) is 16.2. The topological polar surface area (TPSA) is 294 Å². The van der Waals surface area contributed by atoms with Gasteiger partial charge >= 0.3 is 27.6 Å². The van der Waals surface area contributed by atoms with Crippen LogP contribution in [0.25, 0.3) is 0 Å². The molecule has 0 bridgehead atoms. The summed E-state index contributed by atoms with van der Waals surface area (Å²) in [4.78, 5) is 93.0. The third kappa shape index (κ3) is 52.7. The van der Waals surface area contributed by atoms with Crippen LogP contribution in [0.15, 0.2) is 0 Å². The zero-order chi connectivity index (χ0) is 63.9. The zero-order valence-corrected chi connectivity index (χ0v) is 56.5. The van der Waals surface area contributed by atoms with Gasteiger partial charge < -0.3 is 54.6 Å². The van der Waals surface area contributed by atoms with Crippen molar-refractivity contribution >= 4 is 39.4 Å². The van der Waals surface area contributed by atoms with Crippen LogP contribution < -0.4 is 10.6 Å². The van der Waals surface area contributed by atoms with Crippen molar-refractivity contribution in [3.05, 3.63) is 0 Å². The lowest BCUT2D eigenvalue weighted by molar-refractivity contribution is -0.152. The highest BCUT2D eigenvalue weighted by Crippen LogP contribution is 2.42. The fraction of sp³-hybridized carbons (Fsp3) is 0.938. The standard InChI is InChI=1S/C65H128N2O17P2/c1-5-9-13-17-21-25-27-31-35-39-43-47-62(72)82-58(45-41-37-33-29-23-19-15-11-7-3)49-60(70)66-51-64(53-68,56-81-85(74,75)76)55-80-57-65(54-69,84-86(77,78)79)52-67-61(71)50-59(46-42-38-34-30-24-20-16-12-8-4)83-63(73)48-44-40-36-32-28-26-22-18-14-10-6-2/h58-59,68-69H,5-57H2,1-4H3,(H,66,70)(H,67,71)(H2,74,75,76)(H2,77,78,79). The van der Waals surface area contributed by atoms with Crippen molar-refractivity contribution in [2.45, 2.75) is 341 Å². The van der Waals surface area contributed by atoms with E-state index < -0.39 is 109 Å². The fourth-order valence-corrected chi connectivity index (χ4v) is 11.8. The van der Waals surface area contributed by atoms with Crippen LogP contribution in [-0.4, -0.2) is 117 Å². The maximum atomic E-state index is 13.7. The monoisotopic (exact) mass is 1270 g/mol. The molecule has 0 aromatic rings. The number of nitrogens with one attached hydrogen (secondary N) is 2. The molecule has 4 unspecified atom stereocenters. The van der Waals surface area contributed by atoms with Gasteiger partial charge in [-0.25, -0.2) is 9.13 Å². The molecule has 0 aliphatic carbocycles. The van der Waals surface area contributed by atoms with E-state index in [0.29, 0.717) is 32.1 Å². The summed E-state index contributed by atoms with van der Waals surface area (Å²) in [6, 6.07) is 0. The lowest BCUT2D eigenvalue weighted by atomic mass is 9.91. The first kappa shape index (κ1) is 84.0. The summed E-state index contributed by atoms with van der Waals surface area (Å²) in [5.74, 6) is -2.05. The van der Waals surface area contributed by atoms with Crippen LogP contribution in [0.4, 0.5) is 0 Å². The van der Waals surface area contributed by atoms with Crippen molar-refractivity contribution in [1.29, 1.82) is 0 Å². The van der Waals surface area contributed by atoms with Gasteiger partial charge in [0.25, 0.3) is 0 Å². The maximum absolute atomic E-state index is 13.7. The van der Waals surface area contributed by atoms with Crippen LogP contribution in [0.3, 0.4) is 0 Å². The Balaban J connectivity index is 5.99. The smallest absolute Gasteiger partial charge is 0.462 e. The Hall–Kier alpha value is -2.02. The number of aliphatic hydroxyl groups excluding tert-OH is 2. The summed E-state index contributed by atoms with van der Waals surface area (Å²) < 4.78 is 51.9. The average molecular weight is 1270 g/mol. The van der Waals surface area contributed by atoms with E-state index in [2.05, 4.69) is 38.3 Å². The molecule has 0 aromatic heterocycles. The second-order valence-electron chi connectivity index (χ2n) is 24.8. The summed E-state index contributed by atoms with van der Waals surface area (Å²) in [6.45, 7) is 3.23. The van der Waals surface area contributed by atoms with Gasteiger partial charge in [-0.05, 0) is 38.5 Å². The molecule has 0 aromatic carbocycles. The van der Waals surface area contributed by atoms with Crippen LogP contribution in [0.2, 0.25) is 0 Å². The molecule has 0 saturated heterocycles. The Labute approximate surface area is 521 Å². The number of ether oxygens (including phenoxy) is 3. The number of hydrogen-bond acceptors (Lipinski definition) is 13. The Bertz CT molecular complexity index is 1740. The van der Waals surface area contributed by atoms with E-state index in [1.807, 2.05) is 0 Å². The molecule has 4 atom stereocenters. The summed E-state index contributed by atoms with van der Waals surface area (Å²) in [5, 5.41) is 26.7. The fourth-order valence-electron chi connectivity index (χ4n) is 10.7. The first-order valence-electron chi connectivity index (χ1n) is 34.5. The van der Waals surface area contributed by atoms with Crippen LogP contribution in [0.5, 0.6) is 0 Å². The van der Waals surface area contributed by atoms with Gasteiger partial charge in [0, 0.05) is 19.4 Å². The first-order chi connectivity index (χ1) is 41.3. The predicted molar refractivity (Wildman–Crippen MR) is 342 cm³/mol. The van der Waals surface area contributed by atoms with E-state index >= 15 is 0 Å². The minimum Gasteiger partial charge on any atom is -0.462 e. The van der Waals surface area contributed by atoms with Crippen molar-refractivity contribution in [1.82, 2.24) is 10.6 Å². The molecule has 2 amide bonds. The molecule has 0 aliphatic heterocycles. The Morgan fingerprint density at radius 3 is 1.01 bits per heavy atom. The van der Waals surface area contributed by atoms with Crippen LogP contribution >= 0.6 is 15.6 Å². The lowest BCUT2D eigenvalue weighted by Gasteiger charge is -2.35. The highest BCUT2D eigenvalue weighted by molar-refractivity contribution is 7.46. The molecule has 86 heavy (non-hydrogen) atoms. The minimum atomic E-state index is -5.41. The first-order valence-corrected chi connectivity index (χ1v) is 37.5. The molecule has 8 N–H and O–H groups in total. The Morgan fingerprint density at radius 2 is 0.709 bits per heavy atom. The van der Waals surface area contributed by atoms with Gasteiger partial charge in [0.2, 0.25) is 11.8 Å². The highest BCUT2D eigenvalue weighted by atomic mass is 31.2. The predicted octanol–water partition coefficient (Wildman–Crippen LogP) is 15.0. The van der Waals surface area contributed by atoms with Crippen molar-refractivity contribution in [2.24, 2.45) is 5.41 Å². The Kier molecular flexibility index (Phi) is 54.5. The number of hydrogen-bond donors (Lipinski definition) is 8. The van der Waals surface area contributed by atoms with Crippen molar-refractivity contribution in [3.8, 4) is 0 Å². The Morgan fingerprint density at radius 1 is 0.395 bits per heavy atom. The SMILES string of the molecule is CCCCCCCCCCCCCC(=O)OC(CCCCCCCCCCC)CC(=O)NCC(CO)(COCC(CO)(CNC(=O)CC(CCCCCCCCCCC)OC(=O)CCCCCCCCCCCCC)OP(=O)(O)O)COP(=O)(O)O. The maximum Gasteiger partial charge on any atom is 0.470 e. The van der Waals surface area contributed by atoms with E-state index in [0.717, 1.165) is 96.3 Å². The summed E-state index contributed by atoms with van der Waals surface area (Å²) in [5.41, 5.74) is -4.09. The van der Waals surface area contributed by atoms with Crippen molar-refractivity contribution in [3.63, 3.8) is 0 Å². The summed E-state index contributed by atoms with van der Waals surface area (Å²) in [6.07, 6.45) is 43.4. The van der Waals surface area contributed by atoms with E-state index in [9.17, 15) is 58.1 Å². The van der Waals surface area contributed by atoms with Gasteiger partial charge in [-0.1, -0.05) is 259 Å². The van der Waals surface area contributed by atoms with Gasteiger partial charge in [-0.2, -0.15) is 0 Å². The number of phosphoric acid groups is 2. The van der Waals surface area contributed by atoms with Crippen LogP contribution in [-0.2, 0) is 51.6 Å². The molecule has 0 fully saturated rings. The number of carbonyl (C=O) groups excluding carboxylic acids is 4. The number of unbranched alkanes of at least 4 members (excludes halogenated alkanes) is 36. The number of rotatable bonds is 65. The minimum absolute atomic E-state index is 0.209. The second-order valence-corrected chi connectivity index (χ2v) is 27.2.